The van der Waals surface area contributed by atoms with E-state index in [2.05, 4.69) is 31.9 Å². The molecule has 0 saturated heterocycles. The molecule has 0 atom stereocenters. The number of nitrogens with two attached hydrogens (primary N) is 1. The number of aryl methyl sites for hydroxylation is 1. The van der Waals surface area contributed by atoms with Crippen LogP contribution < -0.4 is 16.4 Å². The van der Waals surface area contributed by atoms with Gasteiger partial charge in [0.1, 0.15) is 11.6 Å². The van der Waals surface area contributed by atoms with Crippen LogP contribution in [0.2, 0.25) is 0 Å². The van der Waals surface area contributed by atoms with E-state index in [0.29, 0.717) is 12.1 Å². The van der Waals surface area contributed by atoms with E-state index in [4.69, 9.17) is 10.7 Å². The van der Waals surface area contributed by atoms with Crippen molar-refractivity contribution in [2.75, 3.05) is 10.6 Å². The topological polar surface area (TPSA) is 105 Å². The average Bonchev–Trinajstić information content (AvgIpc) is 3.02. The molecule has 0 radical (unpaired) electrons. The fraction of sp³-hybridized carbons (Fsp3) is 0.389. The van der Waals surface area contributed by atoms with Gasteiger partial charge in [-0.2, -0.15) is 5.10 Å². The number of hydrogen-bond donors (Lipinski definition) is 4. The summed E-state index contributed by atoms with van der Waals surface area (Å²) in [6.45, 7) is 1.97. The summed E-state index contributed by atoms with van der Waals surface area (Å²) in [4.78, 5) is 9.26. The molecule has 7 heteroatoms. The molecule has 0 spiro atoms. The third-order valence-electron chi connectivity index (χ3n) is 4.67. The molecule has 3 aromatic rings. The SMILES string of the molecule is Cc1cc(Nc2cc3ncccc3c(NC3CCC(N)CC3)n2)n[nH]1. The molecule has 1 aliphatic rings. The smallest absolute Gasteiger partial charge is 0.153 e. The van der Waals surface area contributed by atoms with Crippen molar-refractivity contribution in [3.05, 3.63) is 36.2 Å². The van der Waals surface area contributed by atoms with Crippen molar-refractivity contribution >= 4 is 28.4 Å². The van der Waals surface area contributed by atoms with Crippen LogP contribution in [0.3, 0.4) is 0 Å². The van der Waals surface area contributed by atoms with Crippen molar-refractivity contribution in [2.45, 2.75) is 44.7 Å². The lowest BCUT2D eigenvalue weighted by molar-refractivity contribution is 0.411. The fourth-order valence-electron chi connectivity index (χ4n) is 3.32. The quantitative estimate of drug-likeness (QED) is 0.583. The van der Waals surface area contributed by atoms with Crippen LogP contribution in [-0.4, -0.2) is 32.2 Å². The summed E-state index contributed by atoms with van der Waals surface area (Å²) >= 11 is 0. The molecule has 1 aliphatic carbocycles. The Labute approximate surface area is 146 Å². The van der Waals surface area contributed by atoms with Gasteiger partial charge in [0.05, 0.1) is 5.52 Å². The van der Waals surface area contributed by atoms with Crippen LogP contribution >= 0.6 is 0 Å². The van der Waals surface area contributed by atoms with Gasteiger partial charge < -0.3 is 16.4 Å². The van der Waals surface area contributed by atoms with Crippen molar-refractivity contribution in [3.8, 4) is 0 Å². The molecule has 0 unspecified atom stereocenters. The first kappa shape index (κ1) is 15.8. The Morgan fingerprint density at radius 2 is 2.00 bits per heavy atom. The van der Waals surface area contributed by atoms with Crippen LogP contribution in [0.15, 0.2) is 30.5 Å². The van der Waals surface area contributed by atoms with Crippen LogP contribution in [0.4, 0.5) is 17.5 Å². The molecule has 3 aromatic heterocycles. The van der Waals surface area contributed by atoms with E-state index in [-0.39, 0.29) is 0 Å². The van der Waals surface area contributed by atoms with Crippen molar-refractivity contribution in [3.63, 3.8) is 0 Å². The van der Waals surface area contributed by atoms with Gasteiger partial charge in [-0.3, -0.25) is 10.1 Å². The minimum absolute atomic E-state index is 0.334. The zero-order valence-electron chi connectivity index (χ0n) is 14.3. The van der Waals surface area contributed by atoms with Gasteiger partial charge in [-0.25, -0.2) is 4.98 Å². The molecular formula is C18H23N7. The van der Waals surface area contributed by atoms with E-state index in [0.717, 1.165) is 59.7 Å². The van der Waals surface area contributed by atoms with Crippen LogP contribution in [-0.2, 0) is 0 Å². The Kier molecular flexibility index (Phi) is 4.23. The highest BCUT2D eigenvalue weighted by atomic mass is 15.2. The molecule has 7 nitrogen and oxygen atoms in total. The van der Waals surface area contributed by atoms with Gasteiger partial charge in [0.15, 0.2) is 5.82 Å². The normalized spacial score (nSPS) is 20.6. The van der Waals surface area contributed by atoms with Gasteiger partial charge in [-0.05, 0) is 44.7 Å². The second kappa shape index (κ2) is 6.68. The third kappa shape index (κ3) is 3.56. The zero-order valence-corrected chi connectivity index (χ0v) is 14.3. The number of aromatic nitrogens is 4. The molecule has 130 valence electrons. The van der Waals surface area contributed by atoms with Crippen LogP contribution in [0, 0.1) is 6.92 Å². The van der Waals surface area contributed by atoms with Crippen molar-refractivity contribution < 1.29 is 0 Å². The van der Waals surface area contributed by atoms with E-state index in [1.165, 1.54) is 0 Å². The summed E-state index contributed by atoms with van der Waals surface area (Å²) in [6.07, 6.45) is 6.05. The Bertz CT molecular complexity index is 865. The van der Waals surface area contributed by atoms with Gasteiger partial charge in [0.2, 0.25) is 0 Å². The molecule has 1 fully saturated rings. The Balaban J connectivity index is 1.64. The van der Waals surface area contributed by atoms with Gasteiger partial charge in [0, 0.05) is 41.5 Å². The summed E-state index contributed by atoms with van der Waals surface area (Å²) in [5, 5.41) is 15.0. The molecule has 1 saturated carbocycles. The number of H-pyrrole nitrogens is 1. The van der Waals surface area contributed by atoms with Crippen molar-refractivity contribution in [1.29, 1.82) is 0 Å². The van der Waals surface area contributed by atoms with Crippen LogP contribution in [0.5, 0.6) is 0 Å². The zero-order chi connectivity index (χ0) is 17.2. The summed E-state index contributed by atoms with van der Waals surface area (Å²) in [6, 6.07) is 8.62. The van der Waals surface area contributed by atoms with Gasteiger partial charge in [-0.1, -0.05) is 0 Å². The minimum Gasteiger partial charge on any atom is -0.367 e. The highest BCUT2D eigenvalue weighted by Crippen LogP contribution is 2.28. The highest BCUT2D eigenvalue weighted by Gasteiger charge is 2.20. The monoisotopic (exact) mass is 337 g/mol. The number of rotatable bonds is 4. The van der Waals surface area contributed by atoms with E-state index >= 15 is 0 Å². The molecular weight excluding hydrogens is 314 g/mol. The molecule has 4 rings (SSSR count). The molecule has 0 amide bonds. The molecule has 0 bridgehead atoms. The number of nitrogens with zero attached hydrogens (tertiary/aromatic N) is 3. The predicted octanol–water partition coefficient (Wildman–Crippen LogP) is 3.09. The lowest BCUT2D eigenvalue weighted by atomic mass is 9.92. The maximum absolute atomic E-state index is 6.02. The molecule has 0 aromatic carbocycles. The number of pyridine rings is 2. The largest absolute Gasteiger partial charge is 0.367 e. The number of fused-ring (bicyclic) bond motifs is 1. The summed E-state index contributed by atoms with van der Waals surface area (Å²) in [5.74, 6) is 2.34. The second-order valence-electron chi connectivity index (χ2n) is 6.74. The van der Waals surface area contributed by atoms with Gasteiger partial charge >= 0.3 is 0 Å². The maximum Gasteiger partial charge on any atom is 0.153 e. The molecule has 25 heavy (non-hydrogen) atoms. The Hall–Kier alpha value is -2.67. The first-order valence-electron chi connectivity index (χ1n) is 8.74. The standard InChI is InChI=1S/C18H23N7/c1-11-9-17(25-24-11)22-16-10-15-14(3-2-8-20-15)18(23-16)21-13-6-4-12(19)5-7-13/h2-3,8-10,12-13H,4-7,19H2,1H3,(H3,21,22,23,24,25). The number of aromatic amines is 1. The van der Waals surface area contributed by atoms with E-state index < -0.39 is 0 Å². The number of anilines is 3. The third-order valence-corrected chi connectivity index (χ3v) is 4.67. The summed E-state index contributed by atoms with van der Waals surface area (Å²) in [7, 11) is 0. The summed E-state index contributed by atoms with van der Waals surface area (Å²) < 4.78 is 0. The van der Waals surface area contributed by atoms with E-state index in [1.54, 1.807) is 6.20 Å². The molecule has 0 aliphatic heterocycles. The van der Waals surface area contributed by atoms with Crippen molar-refractivity contribution in [2.24, 2.45) is 5.73 Å². The Morgan fingerprint density at radius 3 is 2.76 bits per heavy atom. The predicted molar refractivity (Wildman–Crippen MR) is 100.0 cm³/mol. The molecule has 5 N–H and O–H groups in total. The summed E-state index contributed by atoms with van der Waals surface area (Å²) in [5.41, 5.74) is 7.92. The lowest BCUT2D eigenvalue weighted by Gasteiger charge is -2.27. The first-order valence-corrected chi connectivity index (χ1v) is 8.74. The minimum atomic E-state index is 0.334. The van der Waals surface area contributed by atoms with Crippen LogP contribution in [0.1, 0.15) is 31.4 Å². The molecule has 3 heterocycles. The van der Waals surface area contributed by atoms with E-state index in [9.17, 15) is 0 Å². The fourth-order valence-corrected chi connectivity index (χ4v) is 3.32. The second-order valence-corrected chi connectivity index (χ2v) is 6.74. The van der Waals surface area contributed by atoms with Gasteiger partial charge in [-0.15, -0.1) is 0 Å². The Morgan fingerprint density at radius 1 is 1.16 bits per heavy atom. The van der Waals surface area contributed by atoms with E-state index in [1.807, 2.05) is 25.1 Å². The maximum atomic E-state index is 6.02. The van der Waals surface area contributed by atoms with Gasteiger partial charge in [0.25, 0.3) is 0 Å². The lowest BCUT2D eigenvalue weighted by Crippen LogP contribution is -2.33. The number of hydrogen-bond acceptors (Lipinski definition) is 6. The first-order chi connectivity index (χ1) is 12.2. The average molecular weight is 337 g/mol. The number of nitrogens with one attached hydrogen (secondary N) is 3. The van der Waals surface area contributed by atoms with Crippen molar-refractivity contribution in [1.82, 2.24) is 20.2 Å². The highest BCUT2D eigenvalue weighted by molar-refractivity contribution is 5.91. The van der Waals surface area contributed by atoms with Crippen LogP contribution in [0.25, 0.3) is 10.9 Å².